The van der Waals surface area contributed by atoms with Gasteiger partial charge >= 0.3 is 0 Å². The van der Waals surface area contributed by atoms with Crippen LogP contribution >= 0.6 is 0 Å². The Hall–Kier alpha value is -0.640. The van der Waals surface area contributed by atoms with Gasteiger partial charge in [-0.05, 0) is 26.7 Å². The standard InChI is InChI=1S/C11H19FN2O/c1-8(2)14-9-3-4-10(14)11(15)13(7-9)6-5-12/h8-10H,3-7H2,1-2H3. The van der Waals surface area contributed by atoms with Gasteiger partial charge in [0.05, 0.1) is 6.04 Å². The average Bonchev–Trinajstić information content (AvgIpc) is 2.53. The third kappa shape index (κ3) is 1.75. The second kappa shape index (κ2) is 4.08. The molecule has 2 saturated heterocycles. The summed E-state index contributed by atoms with van der Waals surface area (Å²) in [5, 5.41) is 0. The minimum absolute atomic E-state index is 0.0234. The highest BCUT2D eigenvalue weighted by Gasteiger charge is 2.45. The lowest BCUT2D eigenvalue weighted by atomic mass is 10.1. The number of piperazine rings is 1. The molecule has 3 nitrogen and oxygen atoms in total. The van der Waals surface area contributed by atoms with Gasteiger partial charge in [0.1, 0.15) is 6.67 Å². The number of nitrogens with zero attached hydrogens (tertiary/aromatic N) is 2. The Bertz CT molecular complexity index is 257. The van der Waals surface area contributed by atoms with Crippen molar-refractivity contribution in [2.45, 2.75) is 44.8 Å². The second-order valence-electron chi connectivity index (χ2n) is 4.76. The van der Waals surface area contributed by atoms with Crippen LogP contribution in [0.4, 0.5) is 4.39 Å². The lowest BCUT2D eigenvalue weighted by Crippen LogP contribution is -2.59. The largest absolute Gasteiger partial charge is 0.337 e. The van der Waals surface area contributed by atoms with Crippen LogP contribution < -0.4 is 0 Å². The van der Waals surface area contributed by atoms with E-state index in [9.17, 15) is 9.18 Å². The molecule has 0 aromatic rings. The number of hydrogen-bond acceptors (Lipinski definition) is 2. The number of carbonyl (C=O) groups excluding carboxylic acids is 1. The van der Waals surface area contributed by atoms with Crippen LogP contribution in [0.3, 0.4) is 0 Å². The molecule has 2 aliphatic heterocycles. The molecule has 0 radical (unpaired) electrons. The molecule has 0 N–H and O–H groups in total. The number of fused-ring (bicyclic) bond motifs is 2. The summed E-state index contributed by atoms with van der Waals surface area (Å²) in [6.07, 6.45) is 2.03. The van der Waals surface area contributed by atoms with Gasteiger partial charge in [-0.15, -0.1) is 0 Å². The Labute approximate surface area is 90.2 Å². The molecule has 1 amide bonds. The molecule has 0 saturated carbocycles. The summed E-state index contributed by atoms with van der Waals surface area (Å²) in [6.45, 7) is 4.83. The molecule has 4 heteroatoms. The molecular weight excluding hydrogens is 195 g/mol. The molecule has 2 aliphatic rings. The maximum absolute atomic E-state index is 12.3. The first-order chi connectivity index (χ1) is 7.15. The molecule has 15 heavy (non-hydrogen) atoms. The molecule has 2 fully saturated rings. The molecule has 0 aromatic heterocycles. The third-order valence-electron chi connectivity index (χ3n) is 3.53. The average molecular weight is 214 g/mol. The fraction of sp³-hybridized carbons (Fsp3) is 0.909. The predicted molar refractivity (Wildman–Crippen MR) is 56.3 cm³/mol. The minimum atomic E-state index is -0.424. The Kier molecular flexibility index (Phi) is 2.96. The third-order valence-corrected chi connectivity index (χ3v) is 3.53. The number of amides is 1. The van der Waals surface area contributed by atoms with Crippen LogP contribution in [0.15, 0.2) is 0 Å². The Morgan fingerprint density at radius 2 is 2.20 bits per heavy atom. The van der Waals surface area contributed by atoms with Crippen LogP contribution in [0.2, 0.25) is 0 Å². The van der Waals surface area contributed by atoms with Crippen molar-refractivity contribution in [3.8, 4) is 0 Å². The van der Waals surface area contributed by atoms with Crippen LogP contribution in [0.25, 0.3) is 0 Å². The number of likely N-dealkylation sites (tertiary alicyclic amines) is 1. The summed E-state index contributed by atoms with van der Waals surface area (Å²) in [4.78, 5) is 16.0. The van der Waals surface area contributed by atoms with E-state index in [-0.39, 0.29) is 18.5 Å². The van der Waals surface area contributed by atoms with Crippen molar-refractivity contribution in [3.05, 3.63) is 0 Å². The first kappa shape index (κ1) is 10.9. The van der Waals surface area contributed by atoms with Crippen molar-refractivity contribution in [2.24, 2.45) is 0 Å². The van der Waals surface area contributed by atoms with E-state index in [0.29, 0.717) is 12.1 Å². The van der Waals surface area contributed by atoms with Crippen molar-refractivity contribution in [3.63, 3.8) is 0 Å². The molecule has 86 valence electrons. The van der Waals surface area contributed by atoms with E-state index in [1.165, 1.54) is 0 Å². The highest BCUT2D eigenvalue weighted by Crippen LogP contribution is 2.32. The fourth-order valence-corrected chi connectivity index (χ4v) is 2.98. The van der Waals surface area contributed by atoms with E-state index < -0.39 is 6.67 Å². The molecule has 0 aromatic carbocycles. The van der Waals surface area contributed by atoms with Gasteiger partial charge in [0, 0.05) is 25.2 Å². The van der Waals surface area contributed by atoms with Gasteiger partial charge in [0.2, 0.25) is 5.91 Å². The summed E-state index contributed by atoms with van der Waals surface area (Å²) in [6, 6.07) is 0.897. The maximum Gasteiger partial charge on any atom is 0.240 e. The number of hydrogen-bond donors (Lipinski definition) is 0. The van der Waals surface area contributed by atoms with Crippen molar-refractivity contribution in [1.29, 1.82) is 0 Å². The van der Waals surface area contributed by atoms with E-state index in [0.717, 1.165) is 19.4 Å². The highest BCUT2D eigenvalue weighted by atomic mass is 19.1. The molecule has 2 unspecified atom stereocenters. The number of carbonyl (C=O) groups is 1. The van der Waals surface area contributed by atoms with Crippen molar-refractivity contribution in [2.75, 3.05) is 19.8 Å². The monoisotopic (exact) mass is 214 g/mol. The summed E-state index contributed by atoms with van der Waals surface area (Å²) in [5.41, 5.74) is 0. The van der Waals surface area contributed by atoms with Gasteiger partial charge in [-0.2, -0.15) is 0 Å². The van der Waals surface area contributed by atoms with Crippen LogP contribution in [0.1, 0.15) is 26.7 Å². The quantitative estimate of drug-likeness (QED) is 0.701. The molecule has 2 atom stereocenters. The zero-order chi connectivity index (χ0) is 11.0. The van der Waals surface area contributed by atoms with Gasteiger partial charge in [-0.25, -0.2) is 4.39 Å². The first-order valence-electron chi connectivity index (χ1n) is 5.77. The smallest absolute Gasteiger partial charge is 0.240 e. The maximum atomic E-state index is 12.3. The van der Waals surface area contributed by atoms with Crippen molar-refractivity contribution >= 4 is 5.91 Å². The zero-order valence-corrected chi connectivity index (χ0v) is 9.45. The van der Waals surface area contributed by atoms with Crippen molar-refractivity contribution in [1.82, 2.24) is 9.80 Å². The lowest BCUT2D eigenvalue weighted by Gasteiger charge is -2.42. The fourth-order valence-electron chi connectivity index (χ4n) is 2.98. The van der Waals surface area contributed by atoms with E-state index in [2.05, 4.69) is 18.7 Å². The van der Waals surface area contributed by atoms with Gasteiger partial charge in [0.15, 0.2) is 0 Å². The van der Waals surface area contributed by atoms with Crippen LogP contribution in [0.5, 0.6) is 0 Å². The van der Waals surface area contributed by atoms with Crippen molar-refractivity contribution < 1.29 is 9.18 Å². The molecule has 2 rings (SSSR count). The second-order valence-corrected chi connectivity index (χ2v) is 4.76. The summed E-state index contributed by atoms with van der Waals surface area (Å²) >= 11 is 0. The summed E-state index contributed by atoms with van der Waals surface area (Å²) in [5.74, 6) is 0.134. The van der Waals surface area contributed by atoms with Gasteiger partial charge in [-0.1, -0.05) is 0 Å². The van der Waals surface area contributed by atoms with Gasteiger partial charge < -0.3 is 4.90 Å². The number of alkyl halides is 1. The van der Waals surface area contributed by atoms with Gasteiger partial charge in [0.25, 0.3) is 0 Å². The molecule has 0 aliphatic carbocycles. The zero-order valence-electron chi connectivity index (χ0n) is 9.45. The molecule has 2 heterocycles. The minimum Gasteiger partial charge on any atom is -0.337 e. The number of halogens is 1. The first-order valence-corrected chi connectivity index (χ1v) is 5.77. The Morgan fingerprint density at radius 1 is 1.47 bits per heavy atom. The van der Waals surface area contributed by atoms with E-state index in [1.807, 2.05) is 0 Å². The van der Waals surface area contributed by atoms with Crippen LogP contribution in [-0.4, -0.2) is 53.6 Å². The van der Waals surface area contributed by atoms with Crippen LogP contribution in [0, 0.1) is 0 Å². The predicted octanol–water partition coefficient (Wildman–Crippen LogP) is 1.04. The summed E-state index contributed by atoms with van der Waals surface area (Å²) < 4.78 is 12.3. The Balaban J connectivity index is 2.12. The SMILES string of the molecule is CC(C)N1C2CCC1C(=O)N(CCF)C2. The topological polar surface area (TPSA) is 23.6 Å². The van der Waals surface area contributed by atoms with Gasteiger partial charge in [-0.3, -0.25) is 9.69 Å². The lowest BCUT2D eigenvalue weighted by molar-refractivity contribution is -0.143. The summed E-state index contributed by atoms with van der Waals surface area (Å²) in [7, 11) is 0. The molecule has 2 bridgehead atoms. The number of rotatable bonds is 3. The Morgan fingerprint density at radius 3 is 2.80 bits per heavy atom. The highest BCUT2D eigenvalue weighted by molar-refractivity contribution is 5.83. The molecule has 0 spiro atoms. The normalized spacial score (nSPS) is 31.7. The van der Waals surface area contributed by atoms with E-state index >= 15 is 0 Å². The molecular formula is C11H19FN2O. The van der Waals surface area contributed by atoms with Crippen LogP contribution in [-0.2, 0) is 4.79 Å². The van der Waals surface area contributed by atoms with E-state index in [4.69, 9.17) is 0 Å². The van der Waals surface area contributed by atoms with E-state index in [1.54, 1.807) is 4.90 Å².